The summed E-state index contributed by atoms with van der Waals surface area (Å²) < 4.78 is 1.54. The zero-order valence-corrected chi connectivity index (χ0v) is 5.36. The molecular formula is C4H7S2. The Balaban J connectivity index is 2.18. The van der Waals surface area contributed by atoms with Crippen molar-refractivity contribution in [2.24, 2.45) is 0 Å². The van der Waals surface area contributed by atoms with Gasteiger partial charge >= 0.3 is 0 Å². The van der Waals surface area contributed by atoms with E-state index in [4.69, 9.17) is 0 Å². The van der Waals surface area contributed by atoms with Gasteiger partial charge in [-0.3, -0.25) is 0 Å². The maximum atomic E-state index is 2.18. The molecule has 1 aliphatic heterocycles. The SMILES string of the molecule is C[C]1SCCS1. The molecule has 0 unspecified atom stereocenters. The molecule has 1 heterocycles. The van der Waals surface area contributed by atoms with Crippen molar-refractivity contribution in [3.63, 3.8) is 0 Å². The highest BCUT2D eigenvalue weighted by Crippen LogP contribution is 2.37. The average molecular weight is 119 g/mol. The molecule has 1 rings (SSSR count). The lowest BCUT2D eigenvalue weighted by molar-refractivity contribution is 1.59. The minimum atomic E-state index is 1.33. The van der Waals surface area contributed by atoms with E-state index in [1.807, 2.05) is 23.5 Å². The van der Waals surface area contributed by atoms with Crippen LogP contribution in [0.4, 0.5) is 0 Å². The van der Waals surface area contributed by atoms with Gasteiger partial charge in [-0.15, -0.1) is 23.5 Å². The maximum absolute atomic E-state index is 2.18. The van der Waals surface area contributed by atoms with Gasteiger partial charge in [0.15, 0.2) is 0 Å². The Morgan fingerprint density at radius 1 is 1.33 bits per heavy atom. The molecular weight excluding hydrogens is 112 g/mol. The molecule has 0 saturated carbocycles. The van der Waals surface area contributed by atoms with Crippen LogP contribution in [-0.2, 0) is 0 Å². The maximum Gasteiger partial charge on any atom is 0.0817 e. The van der Waals surface area contributed by atoms with Crippen LogP contribution in [0.15, 0.2) is 0 Å². The highest BCUT2D eigenvalue weighted by atomic mass is 32.2. The molecule has 1 aliphatic rings. The van der Waals surface area contributed by atoms with Crippen LogP contribution in [0, 0.1) is 4.58 Å². The molecule has 0 aromatic carbocycles. The van der Waals surface area contributed by atoms with Crippen LogP contribution < -0.4 is 0 Å². The molecule has 6 heavy (non-hydrogen) atoms. The molecule has 2 heteroatoms. The lowest BCUT2D eigenvalue weighted by Gasteiger charge is -1.89. The summed E-state index contributed by atoms with van der Waals surface area (Å²) in [5.74, 6) is 2.66. The van der Waals surface area contributed by atoms with Crippen molar-refractivity contribution < 1.29 is 0 Å². The molecule has 0 amide bonds. The van der Waals surface area contributed by atoms with Crippen LogP contribution >= 0.6 is 23.5 Å². The van der Waals surface area contributed by atoms with Crippen LogP contribution in [0.1, 0.15) is 6.92 Å². The summed E-state index contributed by atoms with van der Waals surface area (Å²) in [6, 6.07) is 0. The number of hydrogen-bond donors (Lipinski definition) is 0. The van der Waals surface area contributed by atoms with Crippen molar-refractivity contribution in [2.75, 3.05) is 11.5 Å². The summed E-state index contributed by atoms with van der Waals surface area (Å²) in [7, 11) is 0. The third kappa shape index (κ3) is 1.09. The van der Waals surface area contributed by atoms with Crippen LogP contribution in [0.25, 0.3) is 0 Å². The summed E-state index contributed by atoms with van der Waals surface area (Å²) in [6.45, 7) is 2.18. The van der Waals surface area contributed by atoms with E-state index in [1.165, 1.54) is 16.1 Å². The molecule has 0 nitrogen and oxygen atoms in total. The normalized spacial score (nSPS) is 25.5. The van der Waals surface area contributed by atoms with E-state index in [9.17, 15) is 0 Å². The molecule has 0 aliphatic carbocycles. The Bertz CT molecular complexity index is 38.8. The molecule has 35 valence electrons. The fraction of sp³-hybridized carbons (Fsp3) is 0.750. The van der Waals surface area contributed by atoms with E-state index >= 15 is 0 Å². The Labute approximate surface area is 47.1 Å². The lowest BCUT2D eigenvalue weighted by atomic mass is 11.0. The second-order valence-corrected chi connectivity index (χ2v) is 4.07. The number of rotatable bonds is 0. The smallest absolute Gasteiger partial charge is 0.0817 e. The van der Waals surface area contributed by atoms with E-state index in [-0.39, 0.29) is 0 Å². The molecule has 1 saturated heterocycles. The molecule has 0 bridgehead atoms. The fourth-order valence-electron chi connectivity index (χ4n) is 0.412. The van der Waals surface area contributed by atoms with Gasteiger partial charge in [0.05, 0.1) is 4.58 Å². The van der Waals surface area contributed by atoms with Gasteiger partial charge in [-0.2, -0.15) is 0 Å². The van der Waals surface area contributed by atoms with Gasteiger partial charge < -0.3 is 0 Å². The van der Waals surface area contributed by atoms with Crippen molar-refractivity contribution >= 4 is 23.5 Å². The Hall–Kier alpha value is 0.700. The van der Waals surface area contributed by atoms with Crippen LogP contribution in [0.3, 0.4) is 0 Å². The highest BCUT2D eigenvalue weighted by molar-refractivity contribution is 8.23. The largest absolute Gasteiger partial charge is 0.141 e. The quantitative estimate of drug-likeness (QED) is 0.478. The predicted octanol–water partition coefficient (Wildman–Crippen LogP) is 1.98. The van der Waals surface area contributed by atoms with Crippen LogP contribution in [0.5, 0.6) is 0 Å². The first kappa shape index (κ1) is 4.85. The van der Waals surface area contributed by atoms with E-state index in [0.29, 0.717) is 0 Å². The minimum absolute atomic E-state index is 1.33. The van der Waals surface area contributed by atoms with E-state index in [1.54, 1.807) is 0 Å². The first-order valence-electron chi connectivity index (χ1n) is 1.99. The summed E-state index contributed by atoms with van der Waals surface area (Å²) in [5.41, 5.74) is 0. The Kier molecular flexibility index (Phi) is 1.72. The van der Waals surface area contributed by atoms with E-state index in [0.717, 1.165) is 0 Å². The topological polar surface area (TPSA) is 0 Å². The van der Waals surface area contributed by atoms with Gasteiger partial charge in [0.1, 0.15) is 0 Å². The summed E-state index contributed by atoms with van der Waals surface area (Å²) in [6.07, 6.45) is 0. The molecule has 1 radical (unpaired) electrons. The fourth-order valence-corrected chi connectivity index (χ4v) is 2.49. The van der Waals surface area contributed by atoms with Crippen molar-refractivity contribution in [3.05, 3.63) is 4.58 Å². The summed E-state index contributed by atoms with van der Waals surface area (Å²) in [5, 5.41) is 0. The van der Waals surface area contributed by atoms with Crippen LogP contribution in [0.2, 0.25) is 0 Å². The third-order valence-electron chi connectivity index (χ3n) is 0.694. The van der Waals surface area contributed by atoms with E-state index in [2.05, 4.69) is 6.92 Å². The molecule has 0 aromatic rings. The Morgan fingerprint density at radius 2 is 1.83 bits per heavy atom. The third-order valence-corrected chi connectivity index (χ3v) is 3.29. The Morgan fingerprint density at radius 3 is 2.00 bits per heavy atom. The van der Waals surface area contributed by atoms with Crippen molar-refractivity contribution in [2.45, 2.75) is 6.92 Å². The van der Waals surface area contributed by atoms with Crippen molar-refractivity contribution in [1.82, 2.24) is 0 Å². The van der Waals surface area contributed by atoms with Crippen LogP contribution in [-0.4, -0.2) is 11.5 Å². The number of hydrogen-bond acceptors (Lipinski definition) is 2. The zero-order chi connectivity index (χ0) is 4.41. The van der Waals surface area contributed by atoms with Crippen molar-refractivity contribution in [1.29, 1.82) is 0 Å². The second kappa shape index (κ2) is 2.12. The first-order valence-corrected chi connectivity index (χ1v) is 3.96. The average Bonchev–Trinajstić information content (AvgIpc) is 1.86. The lowest BCUT2D eigenvalue weighted by Crippen LogP contribution is -1.64. The van der Waals surface area contributed by atoms with Crippen molar-refractivity contribution in [3.8, 4) is 0 Å². The molecule has 0 atom stereocenters. The second-order valence-electron chi connectivity index (χ2n) is 1.19. The van der Waals surface area contributed by atoms with E-state index < -0.39 is 0 Å². The van der Waals surface area contributed by atoms with Gasteiger partial charge in [-0.1, -0.05) is 0 Å². The molecule has 0 N–H and O–H groups in total. The van der Waals surface area contributed by atoms with Gasteiger partial charge in [0, 0.05) is 11.5 Å². The monoisotopic (exact) mass is 119 g/mol. The summed E-state index contributed by atoms with van der Waals surface area (Å²) in [4.78, 5) is 0. The standard InChI is InChI=1S/C4H7S2/c1-4-5-2-3-6-4/h2-3H2,1H3. The van der Waals surface area contributed by atoms with Gasteiger partial charge in [0.2, 0.25) is 0 Å². The van der Waals surface area contributed by atoms with Gasteiger partial charge in [0.25, 0.3) is 0 Å². The molecule has 0 spiro atoms. The zero-order valence-electron chi connectivity index (χ0n) is 3.73. The molecule has 1 fully saturated rings. The highest BCUT2D eigenvalue weighted by Gasteiger charge is 2.09. The predicted molar refractivity (Wildman–Crippen MR) is 33.8 cm³/mol. The molecule has 0 aromatic heterocycles. The minimum Gasteiger partial charge on any atom is -0.141 e. The number of thioether (sulfide) groups is 2. The van der Waals surface area contributed by atoms with Gasteiger partial charge in [-0.25, -0.2) is 0 Å². The first-order chi connectivity index (χ1) is 2.89. The van der Waals surface area contributed by atoms with Gasteiger partial charge in [-0.05, 0) is 6.92 Å². The summed E-state index contributed by atoms with van der Waals surface area (Å²) >= 11 is 3.95.